The first-order valence-electron chi connectivity index (χ1n) is 6.16. The van der Waals surface area contributed by atoms with E-state index < -0.39 is 0 Å². The summed E-state index contributed by atoms with van der Waals surface area (Å²) < 4.78 is 12.9. The highest BCUT2D eigenvalue weighted by Gasteiger charge is 2.25. The van der Waals surface area contributed by atoms with Crippen molar-refractivity contribution in [1.82, 2.24) is 4.90 Å². The molecule has 0 radical (unpaired) electrons. The Hall–Kier alpha value is -0.890. The van der Waals surface area contributed by atoms with Crippen LogP contribution in [0.15, 0.2) is 24.3 Å². The summed E-state index contributed by atoms with van der Waals surface area (Å²) in [5.41, 5.74) is 1.26. The Bertz CT molecular complexity index is 331. The van der Waals surface area contributed by atoms with Gasteiger partial charge in [-0.15, -0.1) is 0 Å². The molecule has 0 spiro atoms. The summed E-state index contributed by atoms with van der Waals surface area (Å²) in [5, 5.41) is 0. The molecule has 1 unspecified atom stereocenters. The lowest BCUT2D eigenvalue weighted by molar-refractivity contribution is 0.229. The third-order valence-electron chi connectivity index (χ3n) is 3.22. The molecule has 1 saturated heterocycles. The Morgan fingerprint density at radius 1 is 1.31 bits per heavy atom. The van der Waals surface area contributed by atoms with Crippen LogP contribution in [0.4, 0.5) is 4.39 Å². The van der Waals surface area contributed by atoms with Gasteiger partial charge in [-0.05, 0) is 43.0 Å². The Labute approximate surface area is 97.3 Å². The molecule has 2 heteroatoms. The van der Waals surface area contributed by atoms with Gasteiger partial charge in [0.15, 0.2) is 0 Å². The molecule has 16 heavy (non-hydrogen) atoms. The molecule has 0 N–H and O–H groups in total. The normalized spacial score (nSPS) is 21.9. The fraction of sp³-hybridized carbons (Fsp3) is 0.571. The van der Waals surface area contributed by atoms with Crippen LogP contribution in [-0.4, -0.2) is 18.0 Å². The molecule has 1 aliphatic heterocycles. The van der Waals surface area contributed by atoms with Crippen LogP contribution >= 0.6 is 0 Å². The van der Waals surface area contributed by atoms with Crippen LogP contribution in [0, 0.1) is 11.7 Å². The monoisotopic (exact) mass is 221 g/mol. The Balaban J connectivity index is 2.10. The largest absolute Gasteiger partial charge is 0.296 e. The minimum Gasteiger partial charge on any atom is -0.296 e. The van der Waals surface area contributed by atoms with Crippen molar-refractivity contribution in [2.24, 2.45) is 5.92 Å². The zero-order valence-electron chi connectivity index (χ0n) is 10.1. The summed E-state index contributed by atoms with van der Waals surface area (Å²) in [6.45, 7) is 6.82. The van der Waals surface area contributed by atoms with E-state index in [1.54, 1.807) is 12.1 Å². The Morgan fingerprint density at radius 3 is 2.62 bits per heavy atom. The number of nitrogens with zero attached hydrogens (tertiary/aromatic N) is 1. The first kappa shape index (κ1) is 11.6. The maximum Gasteiger partial charge on any atom is 0.123 e. The van der Waals surface area contributed by atoms with Crippen molar-refractivity contribution in [3.05, 3.63) is 35.6 Å². The van der Waals surface area contributed by atoms with Crippen molar-refractivity contribution < 1.29 is 4.39 Å². The molecule has 0 aliphatic carbocycles. The maximum absolute atomic E-state index is 12.9. The predicted octanol–water partition coefficient (Wildman–Crippen LogP) is 3.62. The van der Waals surface area contributed by atoms with Gasteiger partial charge in [0.2, 0.25) is 0 Å². The van der Waals surface area contributed by atoms with Gasteiger partial charge in [-0.3, -0.25) is 4.90 Å². The molecule has 0 aromatic heterocycles. The second kappa shape index (κ2) is 4.96. The highest BCUT2D eigenvalue weighted by atomic mass is 19.1. The lowest BCUT2D eigenvalue weighted by Crippen LogP contribution is -2.27. The van der Waals surface area contributed by atoms with Crippen molar-refractivity contribution in [3.8, 4) is 0 Å². The third-order valence-corrected chi connectivity index (χ3v) is 3.22. The summed E-state index contributed by atoms with van der Waals surface area (Å²) in [7, 11) is 0. The summed E-state index contributed by atoms with van der Waals surface area (Å²) in [6.07, 6.45) is 2.47. The molecular formula is C14H20FN. The first-order valence-corrected chi connectivity index (χ1v) is 6.16. The van der Waals surface area contributed by atoms with Crippen molar-refractivity contribution in [2.45, 2.75) is 32.7 Å². The molecule has 0 amide bonds. The number of rotatable bonds is 3. The van der Waals surface area contributed by atoms with Crippen molar-refractivity contribution >= 4 is 0 Å². The van der Waals surface area contributed by atoms with Gasteiger partial charge < -0.3 is 0 Å². The van der Waals surface area contributed by atoms with Crippen LogP contribution in [0.1, 0.15) is 38.3 Å². The first-order chi connectivity index (χ1) is 7.66. The molecular weight excluding hydrogens is 201 g/mol. The van der Waals surface area contributed by atoms with Gasteiger partial charge in [-0.2, -0.15) is 0 Å². The van der Waals surface area contributed by atoms with E-state index in [1.165, 1.54) is 24.9 Å². The minimum absolute atomic E-state index is 0.142. The summed E-state index contributed by atoms with van der Waals surface area (Å²) in [6, 6.07) is 7.50. The van der Waals surface area contributed by atoms with Crippen molar-refractivity contribution in [3.63, 3.8) is 0 Å². The number of hydrogen-bond acceptors (Lipinski definition) is 1. The standard InChI is InChI=1S/C14H20FN/c1-11(2)10-16-9-3-4-14(16)12-5-7-13(15)8-6-12/h5-8,11,14H,3-4,9-10H2,1-2H3. The highest BCUT2D eigenvalue weighted by Crippen LogP contribution is 2.32. The fourth-order valence-electron chi connectivity index (χ4n) is 2.58. The topological polar surface area (TPSA) is 3.24 Å². The molecule has 1 heterocycles. The Morgan fingerprint density at radius 2 is 2.00 bits per heavy atom. The van der Waals surface area contributed by atoms with E-state index in [2.05, 4.69) is 18.7 Å². The van der Waals surface area contributed by atoms with Gasteiger partial charge >= 0.3 is 0 Å². The van der Waals surface area contributed by atoms with Gasteiger partial charge in [0.05, 0.1) is 0 Å². The number of hydrogen-bond donors (Lipinski definition) is 0. The molecule has 1 aromatic rings. The van der Waals surface area contributed by atoms with Crippen LogP contribution in [0.25, 0.3) is 0 Å². The van der Waals surface area contributed by atoms with Gasteiger partial charge in [-0.25, -0.2) is 4.39 Å². The smallest absolute Gasteiger partial charge is 0.123 e. The zero-order valence-corrected chi connectivity index (χ0v) is 10.1. The quantitative estimate of drug-likeness (QED) is 0.753. The molecule has 1 fully saturated rings. The lowest BCUT2D eigenvalue weighted by Gasteiger charge is -2.26. The average molecular weight is 221 g/mol. The molecule has 0 saturated carbocycles. The number of likely N-dealkylation sites (tertiary alicyclic amines) is 1. The number of benzene rings is 1. The molecule has 1 nitrogen and oxygen atoms in total. The molecule has 1 aliphatic rings. The van der Waals surface area contributed by atoms with Gasteiger partial charge in [0.25, 0.3) is 0 Å². The van der Waals surface area contributed by atoms with E-state index >= 15 is 0 Å². The van der Waals surface area contributed by atoms with E-state index in [1.807, 2.05) is 12.1 Å². The second-order valence-electron chi connectivity index (χ2n) is 5.10. The maximum atomic E-state index is 12.9. The summed E-state index contributed by atoms with van der Waals surface area (Å²) in [5.74, 6) is 0.554. The highest BCUT2D eigenvalue weighted by molar-refractivity contribution is 5.20. The Kier molecular flexibility index (Phi) is 3.59. The van der Waals surface area contributed by atoms with Gasteiger partial charge in [-0.1, -0.05) is 26.0 Å². The number of halogens is 1. The zero-order chi connectivity index (χ0) is 11.5. The lowest BCUT2D eigenvalue weighted by atomic mass is 10.0. The van der Waals surface area contributed by atoms with Crippen molar-refractivity contribution in [2.75, 3.05) is 13.1 Å². The second-order valence-corrected chi connectivity index (χ2v) is 5.10. The summed E-state index contributed by atoms with van der Waals surface area (Å²) >= 11 is 0. The van der Waals surface area contributed by atoms with E-state index in [9.17, 15) is 4.39 Å². The fourth-order valence-corrected chi connectivity index (χ4v) is 2.58. The molecule has 1 atom stereocenters. The third kappa shape index (κ3) is 2.62. The van der Waals surface area contributed by atoms with E-state index in [4.69, 9.17) is 0 Å². The SMILES string of the molecule is CC(C)CN1CCCC1c1ccc(F)cc1. The molecule has 2 rings (SSSR count). The minimum atomic E-state index is -0.142. The average Bonchev–Trinajstić information content (AvgIpc) is 2.66. The predicted molar refractivity (Wildman–Crippen MR) is 64.8 cm³/mol. The van der Waals surface area contributed by atoms with Crippen LogP contribution < -0.4 is 0 Å². The summed E-state index contributed by atoms with van der Waals surface area (Å²) in [4.78, 5) is 2.53. The van der Waals surface area contributed by atoms with Crippen LogP contribution in [-0.2, 0) is 0 Å². The molecule has 0 bridgehead atoms. The van der Waals surface area contributed by atoms with Crippen LogP contribution in [0.3, 0.4) is 0 Å². The van der Waals surface area contributed by atoms with E-state index in [0.29, 0.717) is 12.0 Å². The molecule has 88 valence electrons. The van der Waals surface area contributed by atoms with Crippen molar-refractivity contribution in [1.29, 1.82) is 0 Å². The molecule has 1 aromatic carbocycles. The van der Waals surface area contributed by atoms with Gasteiger partial charge in [0, 0.05) is 12.6 Å². The van der Waals surface area contributed by atoms with E-state index in [-0.39, 0.29) is 5.82 Å². The van der Waals surface area contributed by atoms with Gasteiger partial charge in [0.1, 0.15) is 5.82 Å². The van der Waals surface area contributed by atoms with Crippen LogP contribution in [0.2, 0.25) is 0 Å². The van der Waals surface area contributed by atoms with Crippen LogP contribution in [0.5, 0.6) is 0 Å². The van der Waals surface area contributed by atoms with E-state index in [0.717, 1.165) is 6.54 Å².